The van der Waals surface area contributed by atoms with Crippen LogP contribution in [0.15, 0.2) is 48.5 Å². The Labute approximate surface area is 144 Å². The second-order valence-electron chi connectivity index (χ2n) is 6.15. The van der Waals surface area contributed by atoms with Gasteiger partial charge in [0, 0.05) is 6.42 Å². The van der Waals surface area contributed by atoms with Gasteiger partial charge < -0.3 is 10.4 Å². The van der Waals surface area contributed by atoms with Gasteiger partial charge in [-0.1, -0.05) is 31.2 Å². The largest absolute Gasteiger partial charge is 0.479 e. The van der Waals surface area contributed by atoms with Crippen LogP contribution in [0, 0.1) is 11.6 Å². The van der Waals surface area contributed by atoms with Gasteiger partial charge in [0.1, 0.15) is 11.6 Å². The molecule has 2 aromatic rings. The molecule has 6 heteroatoms. The normalized spacial score (nSPS) is 14.4. The van der Waals surface area contributed by atoms with E-state index in [2.05, 4.69) is 5.32 Å². The molecule has 2 N–H and O–H groups in total. The number of hydrogen-bond acceptors (Lipinski definition) is 2. The van der Waals surface area contributed by atoms with Gasteiger partial charge in [0.2, 0.25) is 5.91 Å². The lowest BCUT2D eigenvalue weighted by atomic mass is 9.90. The van der Waals surface area contributed by atoms with E-state index in [1.54, 1.807) is 19.1 Å². The van der Waals surface area contributed by atoms with E-state index in [0.29, 0.717) is 5.56 Å². The van der Waals surface area contributed by atoms with Crippen molar-refractivity contribution in [1.29, 1.82) is 0 Å². The number of carboxylic acids is 1. The molecular formula is C19H19F2NO3. The highest BCUT2D eigenvalue weighted by Gasteiger charge is 2.37. The maximum atomic E-state index is 13.3. The molecule has 25 heavy (non-hydrogen) atoms. The molecular weight excluding hydrogens is 328 g/mol. The van der Waals surface area contributed by atoms with Gasteiger partial charge in [-0.2, -0.15) is 0 Å². The first-order valence-electron chi connectivity index (χ1n) is 7.78. The zero-order valence-corrected chi connectivity index (χ0v) is 13.9. The smallest absolute Gasteiger partial charge is 0.333 e. The van der Waals surface area contributed by atoms with Crippen molar-refractivity contribution in [1.82, 2.24) is 5.32 Å². The Morgan fingerprint density at radius 3 is 2.32 bits per heavy atom. The predicted octanol–water partition coefficient (Wildman–Crippen LogP) is 3.57. The molecule has 0 aromatic heterocycles. The summed E-state index contributed by atoms with van der Waals surface area (Å²) >= 11 is 0. The first-order valence-corrected chi connectivity index (χ1v) is 7.78. The van der Waals surface area contributed by atoms with Crippen LogP contribution in [0.5, 0.6) is 0 Å². The number of rotatable bonds is 6. The third-order valence-electron chi connectivity index (χ3n) is 4.15. The molecule has 0 saturated carbocycles. The predicted molar refractivity (Wildman–Crippen MR) is 89.0 cm³/mol. The average Bonchev–Trinajstić information content (AvgIpc) is 2.54. The second kappa shape index (κ2) is 7.42. The third kappa shape index (κ3) is 4.41. The third-order valence-corrected chi connectivity index (χ3v) is 4.15. The monoisotopic (exact) mass is 347 g/mol. The van der Waals surface area contributed by atoms with Crippen LogP contribution in [0.3, 0.4) is 0 Å². The second-order valence-corrected chi connectivity index (χ2v) is 6.15. The van der Waals surface area contributed by atoms with Crippen LogP contribution in [0.1, 0.15) is 37.3 Å². The highest BCUT2D eigenvalue weighted by atomic mass is 19.1. The molecule has 0 aliphatic carbocycles. The fourth-order valence-electron chi connectivity index (χ4n) is 2.57. The fourth-order valence-corrected chi connectivity index (χ4v) is 2.57. The van der Waals surface area contributed by atoms with Crippen LogP contribution in [0.2, 0.25) is 0 Å². The van der Waals surface area contributed by atoms with Crippen LogP contribution in [0.4, 0.5) is 8.78 Å². The summed E-state index contributed by atoms with van der Waals surface area (Å²) in [5.74, 6) is -2.94. The molecule has 0 aliphatic rings. The van der Waals surface area contributed by atoms with Crippen molar-refractivity contribution in [2.75, 3.05) is 0 Å². The molecule has 4 nitrogen and oxygen atoms in total. The molecule has 0 bridgehead atoms. The van der Waals surface area contributed by atoms with Gasteiger partial charge >= 0.3 is 5.97 Å². The van der Waals surface area contributed by atoms with Gasteiger partial charge in [-0.05, 0) is 48.2 Å². The van der Waals surface area contributed by atoms with E-state index in [-0.39, 0.29) is 17.9 Å². The maximum absolute atomic E-state index is 13.3. The highest BCUT2D eigenvalue weighted by Crippen LogP contribution is 2.24. The van der Waals surface area contributed by atoms with Crippen molar-refractivity contribution >= 4 is 11.9 Å². The average molecular weight is 347 g/mol. The first-order chi connectivity index (χ1) is 11.7. The number of nitrogens with one attached hydrogen (secondary N) is 1. The standard InChI is InChI=1S/C19H19F2NO3/c1-12(13-4-3-5-16(21)11-13)10-17(23)22-19(2,18(24)25)14-6-8-15(20)9-7-14/h3-9,11-12H,10H2,1-2H3,(H,22,23)(H,24,25). The highest BCUT2D eigenvalue weighted by molar-refractivity contribution is 5.88. The molecule has 2 aromatic carbocycles. The van der Waals surface area contributed by atoms with Gasteiger partial charge in [0.25, 0.3) is 0 Å². The number of aliphatic carboxylic acids is 1. The molecule has 2 atom stereocenters. The molecule has 0 spiro atoms. The first kappa shape index (κ1) is 18.6. The van der Waals surface area contributed by atoms with E-state index in [0.717, 1.165) is 12.1 Å². The molecule has 0 aliphatic heterocycles. The molecule has 0 saturated heterocycles. The van der Waals surface area contributed by atoms with Crippen molar-refractivity contribution in [3.05, 3.63) is 71.3 Å². The minimum atomic E-state index is -1.69. The van der Waals surface area contributed by atoms with Gasteiger partial charge in [0.05, 0.1) is 0 Å². The Hall–Kier alpha value is -2.76. The van der Waals surface area contributed by atoms with Crippen LogP contribution in [0.25, 0.3) is 0 Å². The summed E-state index contributed by atoms with van der Waals surface area (Å²) in [6.45, 7) is 3.09. The number of carboxylic acid groups (broad SMARTS) is 1. The van der Waals surface area contributed by atoms with Crippen LogP contribution >= 0.6 is 0 Å². The van der Waals surface area contributed by atoms with E-state index in [9.17, 15) is 23.5 Å². The summed E-state index contributed by atoms with van der Waals surface area (Å²) in [6, 6.07) is 10.8. The van der Waals surface area contributed by atoms with E-state index in [4.69, 9.17) is 0 Å². The number of hydrogen-bond donors (Lipinski definition) is 2. The SMILES string of the molecule is CC(CC(=O)NC(C)(C(=O)O)c1ccc(F)cc1)c1cccc(F)c1. The van der Waals surface area contributed by atoms with Crippen molar-refractivity contribution in [3.8, 4) is 0 Å². The summed E-state index contributed by atoms with van der Waals surface area (Å²) in [4.78, 5) is 24.0. The number of carbonyl (C=O) groups is 2. The van der Waals surface area contributed by atoms with E-state index in [1.165, 1.54) is 31.2 Å². The minimum absolute atomic E-state index is 0.00643. The van der Waals surface area contributed by atoms with Crippen molar-refractivity contribution in [3.63, 3.8) is 0 Å². The summed E-state index contributed by atoms with van der Waals surface area (Å²) in [5, 5.41) is 12.0. The van der Waals surface area contributed by atoms with E-state index in [1.807, 2.05) is 0 Å². The molecule has 0 radical (unpaired) electrons. The Kier molecular flexibility index (Phi) is 5.51. The van der Waals surface area contributed by atoms with Gasteiger partial charge in [-0.3, -0.25) is 4.79 Å². The molecule has 2 rings (SSSR count). The van der Waals surface area contributed by atoms with E-state index < -0.39 is 29.0 Å². The quantitative estimate of drug-likeness (QED) is 0.839. The summed E-state index contributed by atoms with van der Waals surface area (Å²) in [6.07, 6.45) is -0.00643. The van der Waals surface area contributed by atoms with E-state index >= 15 is 0 Å². The lowest BCUT2D eigenvalue weighted by Crippen LogP contribution is -2.49. The van der Waals surface area contributed by atoms with Crippen molar-refractivity contribution < 1.29 is 23.5 Å². The van der Waals surface area contributed by atoms with Crippen molar-refractivity contribution in [2.45, 2.75) is 31.7 Å². The zero-order chi connectivity index (χ0) is 18.6. The molecule has 132 valence electrons. The molecule has 0 heterocycles. The van der Waals surface area contributed by atoms with Gasteiger partial charge in [-0.15, -0.1) is 0 Å². The van der Waals surface area contributed by atoms with Crippen LogP contribution in [-0.2, 0) is 15.1 Å². The maximum Gasteiger partial charge on any atom is 0.333 e. The summed E-state index contributed by atoms with van der Waals surface area (Å²) in [7, 11) is 0. The molecule has 2 unspecified atom stereocenters. The number of benzene rings is 2. The Balaban J connectivity index is 2.15. The number of halogens is 2. The van der Waals surface area contributed by atoms with Crippen molar-refractivity contribution in [2.24, 2.45) is 0 Å². The van der Waals surface area contributed by atoms with Crippen LogP contribution < -0.4 is 5.32 Å². The minimum Gasteiger partial charge on any atom is -0.479 e. The fraction of sp³-hybridized carbons (Fsp3) is 0.263. The Morgan fingerprint density at radius 1 is 1.12 bits per heavy atom. The van der Waals surface area contributed by atoms with Gasteiger partial charge in [0.15, 0.2) is 5.54 Å². The Bertz CT molecular complexity index is 776. The zero-order valence-electron chi connectivity index (χ0n) is 13.9. The van der Waals surface area contributed by atoms with Crippen LogP contribution in [-0.4, -0.2) is 17.0 Å². The Morgan fingerprint density at radius 2 is 1.76 bits per heavy atom. The lowest BCUT2D eigenvalue weighted by molar-refractivity contribution is -0.147. The number of amides is 1. The molecule has 1 amide bonds. The lowest BCUT2D eigenvalue weighted by Gasteiger charge is -2.27. The van der Waals surface area contributed by atoms with Gasteiger partial charge in [-0.25, -0.2) is 13.6 Å². The number of carbonyl (C=O) groups excluding carboxylic acids is 1. The summed E-state index contributed by atoms with van der Waals surface area (Å²) < 4.78 is 26.4. The molecule has 0 fully saturated rings. The summed E-state index contributed by atoms with van der Waals surface area (Å²) in [5.41, 5.74) is -0.783. The topological polar surface area (TPSA) is 66.4 Å².